The average molecular weight is 585 g/mol. The Kier molecular flexibility index (Phi) is 10.4. The molecular weight excluding hydrogens is 542 g/mol. The maximum absolute atomic E-state index is 14.0. The number of carbonyl (C=O) groups excluding carboxylic acids is 2. The van der Waals surface area contributed by atoms with Crippen LogP contribution < -0.4 is 9.72 Å². The van der Waals surface area contributed by atoms with Gasteiger partial charge in [-0.3, -0.25) is 9.59 Å². The minimum Gasteiger partial charge on any atom is -0.664 e. The van der Waals surface area contributed by atoms with Gasteiger partial charge < -0.3 is 25.0 Å². The van der Waals surface area contributed by atoms with Crippen LogP contribution in [0.2, 0.25) is 0 Å². The smallest absolute Gasteiger partial charge is 0.161 e. The Labute approximate surface area is 253 Å². The van der Waals surface area contributed by atoms with Crippen LogP contribution in [-0.2, 0) is 22.4 Å². The van der Waals surface area contributed by atoms with Crippen molar-refractivity contribution in [1.82, 2.24) is 4.98 Å². The van der Waals surface area contributed by atoms with Crippen LogP contribution in [-0.4, -0.2) is 39.6 Å². The quantitative estimate of drug-likeness (QED) is 0.142. The molecule has 5 rings (SSSR count). The van der Waals surface area contributed by atoms with E-state index in [1.165, 1.54) is 0 Å². The number of aliphatic hydroxyl groups is 1. The normalized spacial score (nSPS) is 18.8. The summed E-state index contributed by atoms with van der Waals surface area (Å²) < 4.78 is 6.02. The molecule has 0 radical (unpaired) electrons. The third kappa shape index (κ3) is 7.77. The lowest BCUT2D eigenvalue weighted by atomic mass is 9.72. The second kappa shape index (κ2) is 14.6. The van der Waals surface area contributed by atoms with Crippen molar-refractivity contribution in [3.05, 3.63) is 83.2 Å². The number of Topliss-reactive ketones (excluding diaryl/α,β-unsaturated/α-hetero) is 2. The van der Waals surface area contributed by atoms with Gasteiger partial charge in [-0.25, -0.2) is 0 Å². The molecule has 3 atom stereocenters. The van der Waals surface area contributed by atoms with Gasteiger partial charge in [0.15, 0.2) is 17.3 Å². The molecule has 1 heterocycles. The summed E-state index contributed by atoms with van der Waals surface area (Å²) in [5, 5.41) is 29.9. The second-order valence-corrected chi connectivity index (χ2v) is 12.0. The number of benzene rings is 2. The fraction of sp³-hybridized carbons (Fsp3) is 0.444. The number of allylic oxidation sites excluding steroid dienone is 1. The largest absolute Gasteiger partial charge is 0.664 e. The van der Waals surface area contributed by atoms with E-state index in [2.05, 4.69) is 4.98 Å². The minimum absolute atomic E-state index is 0.0828. The van der Waals surface area contributed by atoms with Gasteiger partial charge in [-0.2, -0.15) is 6.20 Å². The van der Waals surface area contributed by atoms with Crippen molar-refractivity contribution in [2.45, 2.75) is 82.7 Å². The van der Waals surface area contributed by atoms with E-state index >= 15 is 0 Å². The standard InChI is InChI=1S/C36H42NO6/c38-21-19-31(33(40)16-12-25-13-17-34(41)35(23-25)43-27-9-2-3-10-27)36(42)30-14-15-32-29(18-20-37-32)28(30)11-4-1-6-24-7-5-8-26(39)22-24/h5,7-8,13-15,17-18,20,22-23,27-28,30-31,38-39,41H,1-4,6,9-12,16,19,21H2/q-1. The number of unbranched alkanes of at least 4 members (excludes halogenated alkanes) is 1. The molecule has 0 bridgehead atoms. The molecule has 2 aliphatic rings. The molecule has 3 N–H and O–H groups in total. The summed E-state index contributed by atoms with van der Waals surface area (Å²) in [7, 11) is 0. The molecular formula is C36H42NO6-. The molecule has 0 saturated heterocycles. The first-order chi connectivity index (χ1) is 20.9. The summed E-state index contributed by atoms with van der Waals surface area (Å²) >= 11 is 0. The number of rotatable bonds is 15. The Morgan fingerprint density at radius 1 is 0.977 bits per heavy atom. The van der Waals surface area contributed by atoms with Gasteiger partial charge in [-0.05, 0) is 99.1 Å². The number of nitrogens with zero attached hydrogens (tertiary/aromatic N) is 1. The molecule has 1 fully saturated rings. The summed E-state index contributed by atoms with van der Waals surface area (Å²) in [6, 6.07) is 14.4. The molecule has 3 unspecified atom stereocenters. The second-order valence-electron chi connectivity index (χ2n) is 12.0. The highest BCUT2D eigenvalue weighted by Crippen LogP contribution is 2.40. The highest BCUT2D eigenvalue weighted by Gasteiger charge is 2.36. The molecule has 0 amide bonds. The number of aromatic hydroxyl groups is 2. The van der Waals surface area contributed by atoms with E-state index in [0.717, 1.165) is 73.8 Å². The van der Waals surface area contributed by atoms with Gasteiger partial charge in [0.25, 0.3) is 0 Å². The number of hydrogen-bond donors (Lipinski definition) is 3. The van der Waals surface area contributed by atoms with E-state index in [4.69, 9.17) is 4.74 Å². The van der Waals surface area contributed by atoms with Crippen LogP contribution in [0.4, 0.5) is 0 Å². The third-order valence-corrected chi connectivity index (χ3v) is 8.96. The zero-order chi connectivity index (χ0) is 30.2. The topological polar surface area (TPSA) is 118 Å². The molecule has 7 nitrogen and oxygen atoms in total. The Morgan fingerprint density at radius 2 is 1.79 bits per heavy atom. The van der Waals surface area contributed by atoms with Gasteiger partial charge in [0.1, 0.15) is 11.5 Å². The minimum atomic E-state index is -0.884. The maximum atomic E-state index is 14.0. The Bertz CT molecular complexity index is 1420. The van der Waals surface area contributed by atoms with Crippen LogP contribution in [0.25, 0.3) is 6.08 Å². The fourth-order valence-electron chi connectivity index (χ4n) is 6.63. The molecule has 1 aromatic heterocycles. The van der Waals surface area contributed by atoms with Gasteiger partial charge in [0.05, 0.1) is 12.0 Å². The molecule has 2 aromatic carbocycles. The van der Waals surface area contributed by atoms with Crippen LogP contribution in [0.5, 0.6) is 17.2 Å². The predicted molar refractivity (Wildman–Crippen MR) is 165 cm³/mol. The number of aryl methyl sites for hydroxylation is 2. The molecule has 0 spiro atoms. The summed E-state index contributed by atoms with van der Waals surface area (Å²) in [5.74, 6) is -0.948. The van der Waals surface area contributed by atoms with Gasteiger partial charge in [0.2, 0.25) is 0 Å². The summed E-state index contributed by atoms with van der Waals surface area (Å²) in [6.07, 6.45) is 13.9. The van der Waals surface area contributed by atoms with Crippen LogP contribution in [0.3, 0.4) is 0 Å². The van der Waals surface area contributed by atoms with E-state index in [-0.39, 0.29) is 54.5 Å². The first kappa shape index (κ1) is 30.6. The Balaban J connectivity index is 1.23. The number of phenolic OH excluding ortho intramolecular Hbond substituents is 2. The number of fused-ring (bicyclic) bond motifs is 1. The molecule has 3 aromatic rings. The number of ketones is 2. The van der Waals surface area contributed by atoms with Crippen LogP contribution in [0.15, 0.2) is 60.8 Å². The lowest BCUT2D eigenvalue weighted by Gasteiger charge is -2.32. The number of hydrogen-bond acceptors (Lipinski definition) is 6. The van der Waals surface area contributed by atoms with Gasteiger partial charge in [-0.15, -0.1) is 5.69 Å². The zero-order valence-corrected chi connectivity index (χ0v) is 24.7. The number of aromatic nitrogens is 1. The Hall–Kier alpha value is -3.84. The number of aliphatic hydroxyl groups excluding tert-OH is 1. The van der Waals surface area contributed by atoms with Crippen molar-refractivity contribution >= 4 is 17.6 Å². The average Bonchev–Trinajstić information content (AvgIpc) is 3.70. The monoisotopic (exact) mass is 584 g/mol. The fourth-order valence-corrected chi connectivity index (χ4v) is 6.63. The lowest BCUT2D eigenvalue weighted by molar-refractivity contribution is -0.135. The van der Waals surface area contributed by atoms with Crippen molar-refractivity contribution in [2.75, 3.05) is 6.61 Å². The predicted octanol–water partition coefficient (Wildman–Crippen LogP) is 6.29. The number of carbonyl (C=O) groups is 2. The van der Waals surface area contributed by atoms with Gasteiger partial charge in [-0.1, -0.05) is 48.4 Å². The van der Waals surface area contributed by atoms with Crippen molar-refractivity contribution in [3.63, 3.8) is 0 Å². The molecule has 43 heavy (non-hydrogen) atoms. The third-order valence-electron chi connectivity index (χ3n) is 8.96. The first-order valence-electron chi connectivity index (χ1n) is 15.7. The first-order valence-corrected chi connectivity index (χ1v) is 15.7. The van der Waals surface area contributed by atoms with Crippen molar-refractivity contribution in [3.8, 4) is 17.2 Å². The number of ether oxygens (including phenoxy) is 1. The SMILES string of the molecule is O=C(CCc1ccc(O)c(OC2CCCC2)c1)C(CCO)C(=O)C1C=Cc2[n-]ccc2C1CCCCc1cccc(O)c1. The maximum Gasteiger partial charge on any atom is 0.161 e. The summed E-state index contributed by atoms with van der Waals surface area (Å²) in [4.78, 5) is 31.9. The van der Waals surface area contributed by atoms with Crippen LogP contribution >= 0.6 is 0 Å². The highest BCUT2D eigenvalue weighted by molar-refractivity contribution is 6.04. The van der Waals surface area contributed by atoms with Crippen molar-refractivity contribution in [1.29, 1.82) is 0 Å². The van der Waals surface area contributed by atoms with Crippen molar-refractivity contribution in [2.24, 2.45) is 11.8 Å². The lowest BCUT2D eigenvalue weighted by Crippen LogP contribution is -2.34. The van der Waals surface area contributed by atoms with Gasteiger partial charge >= 0.3 is 0 Å². The number of phenols is 2. The van der Waals surface area contributed by atoms with Crippen LogP contribution in [0.1, 0.15) is 86.1 Å². The van der Waals surface area contributed by atoms with E-state index in [1.54, 1.807) is 36.5 Å². The van der Waals surface area contributed by atoms with Crippen LogP contribution in [0, 0.1) is 11.8 Å². The van der Waals surface area contributed by atoms with E-state index < -0.39 is 11.8 Å². The molecule has 2 aliphatic carbocycles. The highest BCUT2D eigenvalue weighted by atomic mass is 16.5. The zero-order valence-electron chi connectivity index (χ0n) is 24.7. The van der Waals surface area contributed by atoms with E-state index in [0.29, 0.717) is 12.2 Å². The van der Waals surface area contributed by atoms with E-state index in [9.17, 15) is 24.9 Å². The van der Waals surface area contributed by atoms with Gasteiger partial charge in [0, 0.05) is 18.9 Å². The molecule has 7 heteroatoms. The molecule has 1 saturated carbocycles. The Morgan fingerprint density at radius 3 is 2.58 bits per heavy atom. The molecule has 0 aliphatic heterocycles. The van der Waals surface area contributed by atoms with E-state index in [1.807, 2.05) is 30.4 Å². The summed E-state index contributed by atoms with van der Waals surface area (Å²) in [5.41, 5.74) is 3.85. The summed E-state index contributed by atoms with van der Waals surface area (Å²) in [6.45, 7) is -0.241. The molecule has 228 valence electrons. The van der Waals surface area contributed by atoms with Crippen molar-refractivity contribution < 1.29 is 29.6 Å².